The van der Waals surface area contributed by atoms with E-state index >= 15 is 0 Å². The molecule has 0 bridgehead atoms. The fraction of sp³-hybridized carbons (Fsp3) is 0.692. The minimum atomic E-state index is 0.655. The predicted octanol–water partition coefficient (Wildman–Crippen LogP) is 3.58. The summed E-state index contributed by atoms with van der Waals surface area (Å²) in [4.78, 5) is 1.42. The highest BCUT2D eigenvalue weighted by molar-refractivity contribution is 7.16. The van der Waals surface area contributed by atoms with E-state index in [1.165, 1.54) is 24.1 Å². The first kappa shape index (κ1) is 11.1. The van der Waals surface area contributed by atoms with Crippen molar-refractivity contribution in [2.45, 2.75) is 31.7 Å². The minimum absolute atomic E-state index is 0.655. The molecule has 88 valence electrons. The van der Waals surface area contributed by atoms with Crippen LogP contribution in [-0.4, -0.2) is 13.1 Å². The summed E-state index contributed by atoms with van der Waals surface area (Å²) in [6.45, 7) is 0. The summed E-state index contributed by atoms with van der Waals surface area (Å²) in [5.74, 6) is 3.05. The molecule has 1 N–H and O–H groups in total. The summed E-state index contributed by atoms with van der Waals surface area (Å²) in [6.07, 6.45) is 5.57. The van der Waals surface area contributed by atoms with Gasteiger partial charge in [-0.1, -0.05) is 11.6 Å². The maximum atomic E-state index is 5.98. The Morgan fingerprint density at radius 3 is 2.69 bits per heavy atom. The molecule has 2 aliphatic carbocycles. The lowest BCUT2D eigenvalue weighted by Gasteiger charge is -2.23. The van der Waals surface area contributed by atoms with E-state index in [0.29, 0.717) is 6.04 Å². The molecule has 2 aliphatic rings. The first-order valence-corrected chi connectivity index (χ1v) is 7.37. The molecule has 2 fully saturated rings. The Bertz CT molecular complexity index is 366. The van der Waals surface area contributed by atoms with Gasteiger partial charge in [-0.25, -0.2) is 0 Å². The summed E-state index contributed by atoms with van der Waals surface area (Å²) in [5.41, 5.74) is 0. The lowest BCUT2D eigenvalue weighted by atomic mass is 9.92. The third-order valence-electron chi connectivity index (χ3n) is 4.27. The second-order valence-corrected chi connectivity index (χ2v) is 7.09. The Balaban J connectivity index is 1.62. The van der Waals surface area contributed by atoms with Crippen molar-refractivity contribution >= 4 is 22.9 Å². The second-order valence-electron chi connectivity index (χ2n) is 5.29. The van der Waals surface area contributed by atoms with Crippen LogP contribution in [0.2, 0.25) is 4.34 Å². The Kier molecular flexibility index (Phi) is 2.99. The van der Waals surface area contributed by atoms with E-state index in [0.717, 1.165) is 28.5 Å². The third kappa shape index (κ3) is 2.15. The number of rotatable bonds is 4. The maximum absolute atomic E-state index is 5.98. The molecule has 1 aromatic rings. The van der Waals surface area contributed by atoms with Crippen LogP contribution in [0.5, 0.6) is 0 Å². The SMILES string of the molecule is CNC(Cc1ccc(Cl)s1)C1CC2CC2C1. The molecule has 0 aliphatic heterocycles. The van der Waals surface area contributed by atoms with Crippen molar-refractivity contribution in [3.8, 4) is 0 Å². The van der Waals surface area contributed by atoms with Gasteiger partial charge < -0.3 is 5.32 Å². The van der Waals surface area contributed by atoms with Crippen LogP contribution in [0.15, 0.2) is 12.1 Å². The zero-order valence-corrected chi connectivity index (χ0v) is 11.2. The highest BCUT2D eigenvalue weighted by atomic mass is 35.5. The molecular weight excluding hydrogens is 238 g/mol. The number of hydrogen-bond donors (Lipinski definition) is 1. The molecule has 0 radical (unpaired) electrons. The van der Waals surface area contributed by atoms with Crippen molar-refractivity contribution in [1.82, 2.24) is 5.32 Å². The zero-order valence-electron chi connectivity index (χ0n) is 9.58. The summed E-state index contributed by atoms with van der Waals surface area (Å²) < 4.78 is 0.916. The molecule has 0 amide bonds. The Hall–Kier alpha value is -0.0500. The topological polar surface area (TPSA) is 12.0 Å². The minimum Gasteiger partial charge on any atom is -0.316 e. The molecule has 1 heterocycles. The number of nitrogens with one attached hydrogen (secondary N) is 1. The van der Waals surface area contributed by atoms with Crippen LogP contribution in [0.25, 0.3) is 0 Å². The van der Waals surface area contributed by atoms with Crippen molar-refractivity contribution in [3.05, 3.63) is 21.3 Å². The van der Waals surface area contributed by atoms with Crippen LogP contribution >= 0.6 is 22.9 Å². The van der Waals surface area contributed by atoms with Gasteiger partial charge in [-0.05, 0) is 62.6 Å². The van der Waals surface area contributed by atoms with Gasteiger partial charge in [-0.15, -0.1) is 11.3 Å². The molecule has 2 saturated carbocycles. The van der Waals surface area contributed by atoms with Crippen LogP contribution in [-0.2, 0) is 6.42 Å². The summed E-state index contributed by atoms with van der Waals surface area (Å²) in [6, 6.07) is 4.84. The van der Waals surface area contributed by atoms with E-state index in [9.17, 15) is 0 Å². The average Bonchev–Trinajstić information content (AvgIpc) is 2.71. The first-order chi connectivity index (χ1) is 7.76. The molecule has 3 heteroatoms. The van der Waals surface area contributed by atoms with Crippen molar-refractivity contribution in [1.29, 1.82) is 0 Å². The number of halogens is 1. The molecule has 1 nitrogen and oxygen atoms in total. The standard InChI is InChI=1S/C13H18ClNS/c1-15-12(7-11-2-3-13(14)16-11)10-5-8-4-9(8)6-10/h2-3,8-10,12,15H,4-7H2,1H3. The largest absolute Gasteiger partial charge is 0.316 e. The third-order valence-corrected chi connectivity index (χ3v) is 5.52. The second kappa shape index (κ2) is 4.32. The molecular formula is C13H18ClNS. The fourth-order valence-corrected chi connectivity index (χ4v) is 4.42. The van der Waals surface area contributed by atoms with Gasteiger partial charge in [0, 0.05) is 10.9 Å². The molecule has 3 unspecified atom stereocenters. The van der Waals surface area contributed by atoms with E-state index in [1.54, 1.807) is 11.3 Å². The molecule has 0 aromatic carbocycles. The van der Waals surface area contributed by atoms with E-state index in [2.05, 4.69) is 18.4 Å². The average molecular weight is 256 g/mol. The fourth-order valence-electron chi connectivity index (χ4n) is 3.27. The summed E-state index contributed by atoms with van der Waals surface area (Å²) in [5, 5.41) is 3.51. The van der Waals surface area contributed by atoms with Crippen molar-refractivity contribution in [3.63, 3.8) is 0 Å². The van der Waals surface area contributed by atoms with Gasteiger partial charge in [0.2, 0.25) is 0 Å². The van der Waals surface area contributed by atoms with Gasteiger partial charge in [-0.2, -0.15) is 0 Å². The number of thiophene rings is 1. The number of hydrogen-bond acceptors (Lipinski definition) is 2. The quantitative estimate of drug-likeness (QED) is 0.867. The van der Waals surface area contributed by atoms with E-state index < -0.39 is 0 Å². The van der Waals surface area contributed by atoms with Gasteiger partial charge in [0.05, 0.1) is 4.34 Å². The van der Waals surface area contributed by atoms with Crippen LogP contribution in [0, 0.1) is 17.8 Å². The van der Waals surface area contributed by atoms with E-state index in [1.807, 2.05) is 6.07 Å². The zero-order chi connectivity index (χ0) is 11.1. The smallest absolute Gasteiger partial charge is 0.0931 e. The summed E-state index contributed by atoms with van der Waals surface area (Å²) >= 11 is 7.70. The van der Waals surface area contributed by atoms with Crippen molar-refractivity contribution in [2.75, 3.05) is 7.05 Å². The molecule has 1 aromatic heterocycles. The Labute approximate surface area is 106 Å². The Morgan fingerprint density at radius 1 is 1.38 bits per heavy atom. The molecule has 3 atom stereocenters. The predicted molar refractivity (Wildman–Crippen MR) is 70.2 cm³/mol. The highest BCUT2D eigenvalue weighted by Gasteiger charge is 2.47. The van der Waals surface area contributed by atoms with Gasteiger partial charge in [0.15, 0.2) is 0 Å². The number of likely N-dealkylation sites (N-methyl/N-ethyl adjacent to an activating group) is 1. The van der Waals surface area contributed by atoms with Crippen molar-refractivity contribution in [2.24, 2.45) is 17.8 Å². The first-order valence-electron chi connectivity index (χ1n) is 6.17. The van der Waals surface area contributed by atoms with Crippen molar-refractivity contribution < 1.29 is 0 Å². The van der Waals surface area contributed by atoms with Crippen LogP contribution in [0.3, 0.4) is 0 Å². The van der Waals surface area contributed by atoms with E-state index in [-0.39, 0.29) is 0 Å². The number of fused-ring (bicyclic) bond motifs is 1. The maximum Gasteiger partial charge on any atom is 0.0931 e. The van der Waals surface area contributed by atoms with Gasteiger partial charge in [-0.3, -0.25) is 0 Å². The highest BCUT2D eigenvalue weighted by Crippen LogP contribution is 2.55. The summed E-state index contributed by atoms with van der Waals surface area (Å²) in [7, 11) is 2.10. The van der Waals surface area contributed by atoms with E-state index in [4.69, 9.17) is 11.6 Å². The van der Waals surface area contributed by atoms with Gasteiger partial charge >= 0.3 is 0 Å². The van der Waals surface area contributed by atoms with Crippen LogP contribution < -0.4 is 5.32 Å². The van der Waals surface area contributed by atoms with Crippen LogP contribution in [0.4, 0.5) is 0 Å². The van der Waals surface area contributed by atoms with Gasteiger partial charge in [0.25, 0.3) is 0 Å². The monoisotopic (exact) mass is 255 g/mol. The molecule has 0 saturated heterocycles. The van der Waals surface area contributed by atoms with Crippen LogP contribution in [0.1, 0.15) is 24.1 Å². The normalized spacial score (nSPS) is 33.8. The Morgan fingerprint density at radius 2 is 2.12 bits per heavy atom. The van der Waals surface area contributed by atoms with Gasteiger partial charge in [0.1, 0.15) is 0 Å². The lowest BCUT2D eigenvalue weighted by Crippen LogP contribution is -2.34. The molecule has 0 spiro atoms. The molecule has 3 rings (SSSR count). The molecule has 16 heavy (non-hydrogen) atoms. The lowest BCUT2D eigenvalue weighted by molar-refractivity contribution is 0.350.